The maximum Gasteiger partial charge on any atom is 0.350 e. The standard InChI is InChI=1S/C30H37FN2O8/c1-4-6-7-8-9-10-20-17-38-30(39-18-20)21-11-13-22(14-12-21)40-28(34)23-15-24(32)26(16-25(23)33(36)37)41-29(35)27(31)19(3)5-2/h9-16,19-20,27,30H,4-8,17-18,32H2,1-3H3/b10-9+/t19-,20?,27-,30?/m0/s1. The highest BCUT2D eigenvalue weighted by Crippen LogP contribution is 2.33. The molecule has 2 aromatic rings. The predicted octanol–water partition coefficient (Wildman–Crippen LogP) is 6.48. The Balaban J connectivity index is 1.63. The van der Waals surface area contributed by atoms with Gasteiger partial charge in [0, 0.05) is 11.5 Å². The molecule has 0 aromatic heterocycles. The highest BCUT2D eigenvalue weighted by Gasteiger charge is 2.30. The summed E-state index contributed by atoms with van der Waals surface area (Å²) in [5.74, 6) is -3.00. The van der Waals surface area contributed by atoms with Crippen LogP contribution in [0.3, 0.4) is 0 Å². The van der Waals surface area contributed by atoms with Crippen LogP contribution in [0.5, 0.6) is 11.5 Å². The number of alkyl halides is 1. The summed E-state index contributed by atoms with van der Waals surface area (Å²) in [6, 6.07) is 8.14. The third kappa shape index (κ3) is 8.83. The van der Waals surface area contributed by atoms with Gasteiger partial charge in [0.1, 0.15) is 11.3 Å². The molecule has 0 aliphatic carbocycles. The smallest absolute Gasteiger partial charge is 0.350 e. The van der Waals surface area contributed by atoms with Gasteiger partial charge < -0.3 is 24.7 Å². The molecule has 0 unspecified atom stereocenters. The Hall–Kier alpha value is -3.83. The maximum absolute atomic E-state index is 14.2. The van der Waals surface area contributed by atoms with Crippen molar-refractivity contribution in [2.75, 3.05) is 18.9 Å². The normalized spacial score (nSPS) is 18.5. The van der Waals surface area contributed by atoms with E-state index in [4.69, 9.17) is 24.7 Å². The fourth-order valence-electron chi connectivity index (χ4n) is 4.07. The van der Waals surface area contributed by atoms with E-state index in [0.717, 1.165) is 24.1 Å². The summed E-state index contributed by atoms with van der Waals surface area (Å²) in [6.45, 7) is 6.45. The summed E-state index contributed by atoms with van der Waals surface area (Å²) in [6.07, 6.45) is 6.79. The van der Waals surface area contributed by atoms with Crippen molar-refractivity contribution in [3.05, 3.63) is 69.8 Å². The van der Waals surface area contributed by atoms with E-state index in [2.05, 4.69) is 19.1 Å². The molecule has 222 valence electrons. The van der Waals surface area contributed by atoms with Crippen molar-refractivity contribution in [3.63, 3.8) is 0 Å². The zero-order valence-corrected chi connectivity index (χ0v) is 23.5. The second kappa shape index (κ2) is 15.2. The van der Waals surface area contributed by atoms with E-state index < -0.39 is 52.2 Å². The molecule has 0 saturated carbocycles. The number of benzene rings is 2. The van der Waals surface area contributed by atoms with Gasteiger partial charge in [-0.15, -0.1) is 0 Å². The Morgan fingerprint density at radius 1 is 1.15 bits per heavy atom. The van der Waals surface area contributed by atoms with Gasteiger partial charge in [0.05, 0.1) is 29.9 Å². The van der Waals surface area contributed by atoms with Gasteiger partial charge in [-0.3, -0.25) is 10.1 Å². The fraction of sp³-hybridized carbons (Fsp3) is 0.467. The van der Waals surface area contributed by atoms with Crippen LogP contribution in [0.15, 0.2) is 48.6 Å². The minimum Gasteiger partial charge on any atom is -0.423 e. The molecule has 1 aliphatic heterocycles. The van der Waals surface area contributed by atoms with Crippen molar-refractivity contribution < 1.29 is 37.9 Å². The van der Waals surface area contributed by atoms with Gasteiger partial charge >= 0.3 is 11.9 Å². The highest BCUT2D eigenvalue weighted by molar-refractivity contribution is 5.97. The number of hydrogen-bond acceptors (Lipinski definition) is 9. The molecule has 10 nitrogen and oxygen atoms in total. The number of nitro benzene ring substituents is 1. The lowest BCUT2D eigenvalue weighted by Crippen LogP contribution is -2.28. The Bertz CT molecular complexity index is 1230. The molecular formula is C30H37FN2O8. The summed E-state index contributed by atoms with van der Waals surface area (Å²) >= 11 is 0. The topological polar surface area (TPSA) is 140 Å². The number of rotatable bonds is 13. The molecule has 0 amide bonds. The van der Waals surface area contributed by atoms with Gasteiger partial charge in [-0.2, -0.15) is 0 Å². The van der Waals surface area contributed by atoms with E-state index in [-0.39, 0.29) is 17.4 Å². The van der Waals surface area contributed by atoms with Crippen LogP contribution >= 0.6 is 0 Å². The SMILES string of the molecule is CCCCC/C=C/C1COC(c2ccc(OC(=O)c3cc(N)c(OC(=O)[C@@H](F)[C@@H](C)CC)cc3[N+](=O)[O-])cc2)OC1. The van der Waals surface area contributed by atoms with E-state index in [9.17, 15) is 24.1 Å². The molecule has 3 rings (SSSR count). The largest absolute Gasteiger partial charge is 0.423 e. The molecule has 1 heterocycles. The van der Waals surface area contributed by atoms with Crippen LogP contribution in [0.1, 0.15) is 75.1 Å². The van der Waals surface area contributed by atoms with Crippen molar-refractivity contribution >= 4 is 23.3 Å². The minimum atomic E-state index is -1.94. The number of carbonyl (C=O) groups excluding carboxylic acids is 2. The van der Waals surface area contributed by atoms with E-state index in [1.165, 1.54) is 38.3 Å². The van der Waals surface area contributed by atoms with Crippen LogP contribution in [0.25, 0.3) is 0 Å². The second-order valence-corrected chi connectivity index (χ2v) is 10.0. The number of esters is 2. The number of allylic oxidation sites excluding steroid dienone is 1. The molecule has 41 heavy (non-hydrogen) atoms. The molecule has 2 N–H and O–H groups in total. The third-order valence-electron chi connectivity index (χ3n) is 6.79. The number of nitrogen functional groups attached to an aromatic ring is 1. The van der Waals surface area contributed by atoms with Crippen molar-refractivity contribution in [2.24, 2.45) is 11.8 Å². The van der Waals surface area contributed by atoms with Crippen molar-refractivity contribution in [1.29, 1.82) is 0 Å². The number of halogens is 1. The van der Waals surface area contributed by atoms with Gasteiger partial charge in [0.2, 0.25) is 0 Å². The van der Waals surface area contributed by atoms with Crippen LogP contribution < -0.4 is 15.2 Å². The molecule has 2 atom stereocenters. The number of carbonyl (C=O) groups is 2. The molecular weight excluding hydrogens is 535 g/mol. The molecule has 0 radical (unpaired) electrons. The molecule has 0 bridgehead atoms. The molecule has 1 saturated heterocycles. The number of anilines is 1. The lowest BCUT2D eigenvalue weighted by Gasteiger charge is -2.28. The second-order valence-electron chi connectivity index (χ2n) is 10.0. The van der Waals surface area contributed by atoms with Crippen LogP contribution in [0.4, 0.5) is 15.8 Å². The summed E-state index contributed by atoms with van der Waals surface area (Å²) in [4.78, 5) is 35.8. The summed E-state index contributed by atoms with van der Waals surface area (Å²) < 4.78 is 36.2. The number of nitrogens with zero attached hydrogens (tertiary/aromatic N) is 1. The number of hydrogen-bond donors (Lipinski definition) is 1. The number of nitro groups is 1. The van der Waals surface area contributed by atoms with Crippen LogP contribution in [-0.2, 0) is 14.3 Å². The van der Waals surface area contributed by atoms with E-state index in [0.29, 0.717) is 19.6 Å². The van der Waals surface area contributed by atoms with Crippen LogP contribution in [0, 0.1) is 22.0 Å². The van der Waals surface area contributed by atoms with Crippen LogP contribution in [0.2, 0.25) is 0 Å². The minimum absolute atomic E-state index is 0.125. The monoisotopic (exact) mass is 572 g/mol. The molecule has 11 heteroatoms. The first-order valence-corrected chi connectivity index (χ1v) is 13.8. The van der Waals surface area contributed by atoms with Gasteiger partial charge in [-0.25, -0.2) is 14.0 Å². The van der Waals surface area contributed by atoms with Crippen molar-refractivity contribution in [3.8, 4) is 11.5 Å². The molecule has 2 aromatic carbocycles. The summed E-state index contributed by atoms with van der Waals surface area (Å²) in [7, 11) is 0. The zero-order valence-electron chi connectivity index (χ0n) is 23.5. The molecule has 1 aliphatic rings. The first-order chi connectivity index (χ1) is 19.6. The zero-order chi connectivity index (χ0) is 29.9. The number of ether oxygens (including phenoxy) is 4. The quantitative estimate of drug-likeness (QED) is 0.0543. The molecule has 0 spiro atoms. The Morgan fingerprint density at radius 2 is 1.83 bits per heavy atom. The van der Waals surface area contributed by atoms with Gasteiger partial charge in [0.15, 0.2) is 18.2 Å². The summed E-state index contributed by atoms with van der Waals surface area (Å²) in [5, 5.41) is 11.7. The van der Waals surface area contributed by atoms with Gasteiger partial charge in [-0.05, 0) is 37.0 Å². The third-order valence-corrected chi connectivity index (χ3v) is 6.79. The average Bonchev–Trinajstić information content (AvgIpc) is 2.97. The predicted molar refractivity (Wildman–Crippen MR) is 150 cm³/mol. The Kier molecular flexibility index (Phi) is 11.8. The fourth-order valence-corrected chi connectivity index (χ4v) is 4.07. The lowest BCUT2D eigenvalue weighted by molar-refractivity contribution is -0.385. The van der Waals surface area contributed by atoms with Crippen LogP contribution in [-0.4, -0.2) is 36.2 Å². The van der Waals surface area contributed by atoms with E-state index >= 15 is 0 Å². The number of unbranched alkanes of at least 4 members (excludes halogenated alkanes) is 3. The lowest BCUT2D eigenvalue weighted by atomic mass is 10.0. The summed E-state index contributed by atoms with van der Waals surface area (Å²) in [5.41, 5.74) is 5.17. The van der Waals surface area contributed by atoms with Gasteiger partial charge in [0.25, 0.3) is 5.69 Å². The Labute approximate surface area is 238 Å². The van der Waals surface area contributed by atoms with E-state index in [1.807, 2.05) is 0 Å². The highest BCUT2D eigenvalue weighted by atomic mass is 19.1. The van der Waals surface area contributed by atoms with Crippen molar-refractivity contribution in [1.82, 2.24) is 0 Å². The average molecular weight is 573 g/mol. The number of nitrogens with two attached hydrogens (primary N) is 1. The van der Waals surface area contributed by atoms with Gasteiger partial charge in [-0.1, -0.05) is 64.3 Å². The first kappa shape index (κ1) is 31.7. The molecule has 1 fully saturated rings. The maximum atomic E-state index is 14.2. The van der Waals surface area contributed by atoms with Crippen molar-refractivity contribution in [2.45, 2.75) is 65.3 Å². The first-order valence-electron chi connectivity index (χ1n) is 13.8. The Morgan fingerprint density at radius 3 is 2.44 bits per heavy atom. The van der Waals surface area contributed by atoms with E-state index in [1.54, 1.807) is 19.1 Å².